The molecule has 3 heterocycles. The van der Waals surface area contributed by atoms with E-state index in [1.807, 2.05) is 146 Å². The van der Waals surface area contributed by atoms with E-state index in [1.54, 1.807) is 43.0 Å². The van der Waals surface area contributed by atoms with E-state index in [-0.39, 0.29) is 58.9 Å². The van der Waals surface area contributed by atoms with Crippen molar-refractivity contribution >= 4 is 176 Å². The molecule has 12 N–H and O–H groups in total. The second-order valence-corrected chi connectivity index (χ2v) is 45.3. The van der Waals surface area contributed by atoms with E-state index in [9.17, 15) is 83.4 Å². The van der Waals surface area contributed by atoms with Gasteiger partial charge in [-0.05, 0) is 170 Å². The zero-order valence-corrected chi connectivity index (χ0v) is 81.7. The molecule has 3 aromatic heterocycles. The Kier molecular flexibility index (Phi) is 34.1. The maximum absolute atomic E-state index is 14.1. The van der Waals surface area contributed by atoms with Crippen LogP contribution >= 0.6 is 121 Å². The molecule has 3 unspecified atom stereocenters. The molecule has 0 saturated heterocycles. The minimum atomic E-state index is -5.68. The number of halogens is 9. The maximum Gasteiger partial charge on any atom is 0.399 e. The van der Waals surface area contributed by atoms with Crippen LogP contribution in [-0.4, -0.2) is 86.0 Å². The Morgan fingerprint density at radius 2 is 0.656 bits per heavy atom. The first-order chi connectivity index (χ1) is 61.3. The largest absolute Gasteiger partial charge is 0.481 e. The summed E-state index contributed by atoms with van der Waals surface area (Å²) in [4.78, 5) is 132. The normalized spacial score (nSPS) is 13.2. The average Bonchev–Trinajstić information content (AvgIpc) is 0.770. The number of fused-ring (bicyclic) bond motifs is 3. The molecular weight excluding hydrogens is 2060 g/mol. The van der Waals surface area contributed by atoms with E-state index in [2.05, 4.69) is 73.5 Å². The molecule has 0 spiro atoms. The number of carboxylic acids is 2. The lowest BCUT2D eigenvalue weighted by molar-refractivity contribution is -0.137. The maximum atomic E-state index is 14.1. The number of rotatable bonds is 33. The van der Waals surface area contributed by atoms with Gasteiger partial charge in [-0.25, -0.2) is 4.79 Å². The number of carboxylic acid groups (broad SMARTS) is 2. The smallest absolute Gasteiger partial charge is 0.399 e. The molecule has 131 heavy (non-hydrogen) atoms. The molecule has 0 saturated carbocycles. The topological polar surface area (TPSA) is 401 Å². The number of hydrogen-bond acceptors (Lipinski definition) is 13. The van der Waals surface area contributed by atoms with Crippen molar-refractivity contribution in [3.8, 4) is 33.4 Å². The van der Waals surface area contributed by atoms with Crippen LogP contribution in [0.4, 0.5) is 26.3 Å². The second kappa shape index (κ2) is 43.0. The van der Waals surface area contributed by atoms with Gasteiger partial charge >= 0.3 is 66.9 Å². The third-order valence-corrected chi connectivity index (χ3v) is 31.2. The molecule has 0 aliphatic carbocycles. The molecule has 39 heteroatoms. The lowest BCUT2D eigenvalue weighted by atomic mass is 9.94. The van der Waals surface area contributed by atoms with Crippen LogP contribution in [0.15, 0.2) is 244 Å². The molecule has 0 aliphatic heterocycles. The number of pyridine rings is 3. The molecular formula is C92H87Br3F6N3O19P5S3. The number of thioether (sulfide) groups is 3. The molecule has 0 radical (unpaired) electrons. The summed E-state index contributed by atoms with van der Waals surface area (Å²) in [6.45, 7) is 10.1. The summed E-state index contributed by atoms with van der Waals surface area (Å²) in [5.41, 5.74) is -1.55. The summed E-state index contributed by atoms with van der Waals surface area (Å²) in [5.74, 6) is 1.50. The molecule has 0 amide bonds. The molecule has 3 atom stereocenters. The zero-order valence-electron chi connectivity index (χ0n) is 70.0. The van der Waals surface area contributed by atoms with Gasteiger partial charge in [0.15, 0.2) is 0 Å². The number of benzene rings is 10. The standard InChI is InChI=1S/C33H30BrF2NO6P2S.C31H31BrF2NO5PS.C28H26BrF2NO8P2S/c1-21(15-22-5-3-2-4-6-22)30-14-12-26-17-27(18-31(32(26)37-30)44(38,39)40)25-10-7-23(8-11-25)19-46-20-24-9-13-28(29(34)16-24)33(35,36)45(41,42)43;1-18(2)12-19(3)28-11-9-23-14-24(15-25(30(36)37)29(23)35-28)22-7-4-20(5-8-22)16-42-17-21-6-10-26(27(32)13-21)31(33,34)41(38,39)40;1-16(10-26(33)34)24-9-7-20-12-21(13-25(27(20)32-24)41(35,36)37)19-5-2-17(3-6-19)14-43-15-18-4-8-22(23(29)11-18)28(30,31)42(38,39)40/h2-14,16-18,21H,15,19-20H2,1H3,(H2,38,39,40)(H2,41,42,43);4-11,13-15,18-19H,12,16-17H2,1-3H3,(H,36,37)(H2,38,39,40);2-9,11-13,16H,10,14-15H2,1H3,(H,33,34)(H2,35,36,37)(H2,38,39,40). The van der Waals surface area contributed by atoms with Crippen molar-refractivity contribution in [3.63, 3.8) is 0 Å². The van der Waals surface area contributed by atoms with Gasteiger partial charge in [-0.3, -0.25) is 42.6 Å². The molecule has 10 aromatic carbocycles. The van der Waals surface area contributed by atoms with Crippen LogP contribution in [0.3, 0.4) is 0 Å². The van der Waals surface area contributed by atoms with Crippen LogP contribution in [0.25, 0.3) is 66.1 Å². The average molecular weight is 2140 g/mol. The highest BCUT2D eigenvalue weighted by Crippen LogP contribution is 2.63. The Hall–Kier alpha value is -7.81. The van der Waals surface area contributed by atoms with Gasteiger partial charge in [0.25, 0.3) is 0 Å². The number of aromatic nitrogens is 3. The summed E-state index contributed by atoms with van der Waals surface area (Å²) in [5, 5.41) is 20.6. The monoisotopic (exact) mass is 2140 g/mol. The van der Waals surface area contributed by atoms with E-state index in [0.29, 0.717) is 90.2 Å². The lowest BCUT2D eigenvalue weighted by Gasteiger charge is -2.19. The predicted molar refractivity (Wildman–Crippen MR) is 514 cm³/mol. The third kappa shape index (κ3) is 26.3. The Morgan fingerprint density at radius 3 is 0.969 bits per heavy atom. The number of aliphatic carboxylic acids is 1. The van der Waals surface area contributed by atoms with Crippen LogP contribution in [0.2, 0.25) is 0 Å². The van der Waals surface area contributed by atoms with E-state index in [0.717, 1.165) is 92.3 Å². The fraction of sp³-hybridized carbons (Fsp3) is 0.228. The van der Waals surface area contributed by atoms with Crippen molar-refractivity contribution in [2.75, 3.05) is 0 Å². The summed E-state index contributed by atoms with van der Waals surface area (Å²) < 4.78 is 143. The quantitative estimate of drug-likeness (QED) is 0.0134. The van der Waals surface area contributed by atoms with Gasteiger partial charge < -0.3 is 59.1 Å². The highest BCUT2D eigenvalue weighted by atomic mass is 79.9. The first-order valence-electron chi connectivity index (χ1n) is 39.9. The Labute approximate surface area is 787 Å². The first kappa shape index (κ1) is 104. The molecule has 0 fully saturated rings. The Balaban J connectivity index is 0.000000190. The van der Waals surface area contributed by atoms with Gasteiger partial charge in [0.2, 0.25) is 0 Å². The molecule has 0 bridgehead atoms. The van der Waals surface area contributed by atoms with Gasteiger partial charge in [-0.1, -0.05) is 240 Å². The molecule has 13 rings (SSSR count). The van der Waals surface area contributed by atoms with Crippen molar-refractivity contribution in [3.05, 3.63) is 322 Å². The van der Waals surface area contributed by atoms with Gasteiger partial charge in [-0.15, -0.1) is 0 Å². The zero-order chi connectivity index (χ0) is 95.8. The van der Waals surface area contributed by atoms with Crippen molar-refractivity contribution in [1.29, 1.82) is 0 Å². The van der Waals surface area contributed by atoms with E-state index < -0.39 is 89.5 Å². The van der Waals surface area contributed by atoms with Crippen molar-refractivity contribution < 1.29 is 118 Å². The number of hydrogen-bond donors (Lipinski definition) is 12. The minimum absolute atomic E-state index is 0.0416. The second-order valence-electron chi connectivity index (χ2n) is 31.7. The van der Waals surface area contributed by atoms with Crippen LogP contribution in [0, 0.1) is 5.92 Å². The summed E-state index contributed by atoms with van der Waals surface area (Å²) in [6, 6.07) is 65.4. The number of carbonyl (C=O) groups is 2. The van der Waals surface area contributed by atoms with Crippen molar-refractivity contribution in [2.24, 2.45) is 5.92 Å². The predicted octanol–water partition coefficient (Wildman–Crippen LogP) is 24.4. The van der Waals surface area contributed by atoms with Gasteiger partial charge in [0.1, 0.15) is 0 Å². The fourth-order valence-corrected chi connectivity index (χ4v) is 22.7. The van der Waals surface area contributed by atoms with Gasteiger partial charge in [-0.2, -0.15) is 61.6 Å². The van der Waals surface area contributed by atoms with Crippen LogP contribution in [0.1, 0.15) is 148 Å². The Bertz CT molecular complexity index is 6660. The first-order valence-corrected chi connectivity index (χ1v) is 53.8. The number of nitrogens with zero attached hydrogens (tertiary/aromatic N) is 3. The number of alkyl halides is 6. The molecule has 22 nitrogen and oxygen atoms in total. The Morgan fingerprint density at radius 1 is 0.351 bits per heavy atom. The summed E-state index contributed by atoms with van der Waals surface area (Å²) >= 11 is 13.6. The SMILES string of the molecule is CC(C)CC(C)c1ccc2cc(-c3ccc(CSCc4ccc(C(F)(F)P(=O)(O)O)c(Br)c4)cc3)cc(C(=O)O)c2n1.CC(CC(=O)O)c1ccc2cc(-c3ccc(CSCc4ccc(C(F)(F)P(=O)(O)O)c(Br)c4)cc3)cc(P(=O)(O)O)c2n1.CC(Cc1ccccc1)c1ccc2cc(-c3ccc(CSCc4ccc(C(F)(F)P(=O)(O)O)c(Br)c4)cc3)cc(P(=O)(O)O)c2n1. The van der Waals surface area contributed by atoms with Crippen LogP contribution < -0.4 is 10.6 Å². The van der Waals surface area contributed by atoms with Crippen LogP contribution in [-0.2, 0) is 85.5 Å². The summed E-state index contributed by atoms with van der Waals surface area (Å²) in [6.07, 6.45) is 1.54. The highest BCUT2D eigenvalue weighted by molar-refractivity contribution is 9.11. The van der Waals surface area contributed by atoms with E-state index in [1.165, 1.54) is 72.1 Å². The van der Waals surface area contributed by atoms with Crippen molar-refractivity contribution in [1.82, 2.24) is 15.0 Å². The lowest BCUT2D eigenvalue weighted by Crippen LogP contribution is -2.14. The summed E-state index contributed by atoms with van der Waals surface area (Å²) in [7, 11) is -26.4. The third-order valence-electron chi connectivity index (χ3n) is 21.1. The van der Waals surface area contributed by atoms with E-state index in [4.69, 9.17) is 44.4 Å². The van der Waals surface area contributed by atoms with Gasteiger partial charge in [0, 0.05) is 110 Å². The van der Waals surface area contributed by atoms with Crippen LogP contribution in [0.5, 0.6) is 0 Å². The van der Waals surface area contributed by atoms with Crippen molar-refractivity contribution in [2.45, 2.75) is 123 Å². The molecule has 13 aromatic rings. The fourth-order valence-electron chi connectivity index (χ4n) is 14.3. The highest BCUT2D eigenvalue weighted by Gasteiger charge is 2.53. The van der Waals surface area contributed by atoms with E-state index >= 15 is 0 Å². The van der Waals surface area contributed by atoms with Gasteiger partial charge in [0.05, 0.1) is 39.1 Å². The molecule has 0 aliphatic rings. The minimum Gasteiger partial charge on any atom is -0.481 e. The molecule has 690 valence electrons. The number of aromatic carboxylic acids is 1.